The van der Waals surface area contributed by atoms with Crippen LogP contribution in [0.5, 0.6) is 0 Å². The molecule has 1 heterocycles. The van der Waals surface area contributed by atoms with E-state index >= 15 is 0 Å². The summed E-state index contributed by atoms with van der Waals surface area (Å²) >= 11 is 7.03. The highest BCUT2D eigenvalue weighted by Crippen LogP contribution is 2.34. The Hall–Kier alpha value is -0.780. The van der Waals surface area contributed by atoms with Crippen LogP contribution < -0.4 is 10.6 Å². The van der Waals surface area contributed by atoms with Crippen LogP contribution in [-0.2, 0) is 0 Å². The number of benzene rings is 1. The van der Waals surface area contributed by atoms with Crippen molar-refractivity contribution in [2.45, 2.75) is 37.1 Å². The van der Waals surface area contributed by atoms with Gasteiger partial charge in [0.05, 0.1) is 12.6 Å². The summed E-state index contributed by atoms with van der Waals surface area (Å²) in [4.78, 5) is 3.86. The molecule has 1 saturated heterocycles. The molecule has 1 atom stereocenters. The molecule has 1 fully saturated rings. The van der Waals surface area contributed by atoms with Crippen LogP contribution in [-0.4, -0.2) is 35.0 Å². The maximum absolute atomic E-state index is 9.61. The van der Waals surface area contributed by atoms with E-state index in [1.54, 1.807) is 11.8 Å². The molecule has 1 aromatic carbocycles. The molecule has 1 aromatic rings. The number of nitrogens with zero attached hydrogens (tertiary/aromatic N) is 1. The van der Waals surface area contributed by atoms with Gasteiger partial charge >= 0.3 is 0 Å². The molecule has 3 N–H and O–H groups in total. The second-order valence-corrected chi connectivity index (χ2v) is 6.72. The molecule has 0 bridgehead atoms. The van der Waals surface area contributed by atoms with E-state index in [4.69, 9.17) is 18.0 Å². The lowest BCUT2D eigenvalue weighted by Gasteiger charge is -2.38. The number of hydrogen-bond donors (Lipinski definition) is 2. The smallest absolute Gasteiger partial charge is 0.107 e. The standard InChI is InChI=1S/C15H22N2OS2/c1-2-20-13-8-5-7-12(14(13)15(16)19)17-9-4-3-6-11(17)10-18/h5,7-8,11,18H,2-4,6,9-10H2,1H3,(H2,16,19). The van der Waals surface area contributed by atoms with Crippen LogP contribution in [0.1, 0.15) is 31.7 Å². The highest BCUT2D eigenvalue weighted by Gasteiger charge is 2.25. The first-order valence-electron chi connectivity index (χ1n) is 7.12. The van der Waals surface area contributed by atoms with Crippen LogP contribution in [0.25, 0.3) is 0 Å². The van der Waals surface area contributed by atoms with Crippen molar-refractivity contribution in [3.63, 3.8) is 0 Å². The summed E-state index contributed by atoms with van der Waals surface area (Å²) in [6, 6.07) is 6.38. The molecule has 1 unspecified atom stereocenters. The Morgan fingerprint density at radius 2 is 2.30 bits per heavy atom. The van der Waals surface area contributed by atoms with Crippen molar-refractivity contribution in [2.75, 3.05) is 23.8 Å². The van der Waals surface area contributed by atoms with Gasteiger partial charge in [0.25, 0.3) is 0 Å². The van der Waals surface area contributed by atoms with Gasteiger partial charge in [0.15, 0.2) is 0 Å². The van der Waals surface area contributed by atoms with E-state index in [1.807, 2.05) is 0 Å². The minimum Gasteiger partial charge on any atom is -0.394 e. The van der Waals surface area contributed by atoms with Crippen molar-refractivity contribution in [3.05, 3.63) is 23.8 Å². The topological polar surface area (TPSA) is 49.5 Å². The zero-order valence-electron chi connectivity index (χ0n) is 11.8. The Kier molecular flexibility index (Phi) is 5.69. The molecule has 3 nitrogen and oxygen atoms in total. The molecule has 0 aromatic heterocycles. The number of aliphatic hydroxyl groups excluding tert-OH is 1. The lowest BCUT2D eigenvalue weighted by atomic mass is 10.00. The van der Waals surface area contributed by atoms with Crippen molar-refractivity contribution in [1.29, 1.82) is 0 Å². The van der Waals surface area contributed by atoms with Crippen LogP contribution in [0, 0.1) is 0 Å². The van der Waals surface area contributed by atoms with E-state index in [1.165, 1.54) is 6.42 Å². The molecule has 1 aliphatic rings. The van der Waals surface area contributed by atoms with Gasteiger partial charge in [-0.05, 0) is 37.1 Å². The predicted molar refractivity (Wildman–Crippen MR) is 90.8 cm³/mol. The monoisotopic (exact) mass is 310 g/mol. The van der Waals surface area contributed by atoms with Gasteiger partial charge in [-0.15, -0.1) is 11.8 Å². The van der Waals surface area contributed by atoms with Crippen molar-refractivity contribution in [3.8, 4) is 0 Å². The zero-order chi connectivity index (χ0) is 14.5. The fourth-order valence-corrected chi connectivity index (χ4v) is 3.91. The van der Waals surface area contributed by atoms with Crippen LogP contribution in [0.4, 0.5) is 5.69 Å². The van der Waals surface area contributed by atoms with E-state index in [0.29, 0.717) is 4.99 Å². The van der Waals surface area contributed by atoms with E-state index in [0.717, 1.165) is 41.3 Å². The highest BCUT2D eigenvalue weighted by atomic mass is 32.2. The summed E-state index contributed by atoms with van der Waals surface area (Å²) in [6.07, 6.45) is 3.35. The number of rotatable bonds is 5. The third-order valence-electron chi connectivity index (χ3n) is 3.70. The molecule has 0 amide bonds. The molecule has 20 heavy (non-hydrogen) atoms. The summed E-state index contributed by atoms with van der Waals surface area (Å²) in [5, 5.41) is 9.61. The Morgan fingerprint density at radius 3 is 2.95 bits per heavy atom. The summed E-state index contributed by atoms with van der Waals surface area (Å²) < 4.78 is 0. The largest absolute Gasteiger partial charge is 0.394 e. The summed E-state index contributed by atoms with van der Waals surface area (Å²) in [6.45, 7) is 3.26. The SMILES string of the molecule is CCSc1cccc(N2CCCCC2CO)c1C(N)=S. The second-order valence-electron chi connectivity index (χ2n) is 4.97. The number of anilines is 1. The molecular weight excluding hydrogens is 288 g/mol. The Morgan fingerprint density at radius 1 is 1.50 bits per heavy atom. The summed E-state index contributed by atoms with van der Waals surface area (Å²) in [5.74, 6) is 0.989. The van der Waals surface area contributed by atoms with E-state index in [9.17, 15) is 5.11 Å². The van der Waals surface area contributed by atoms with E-state index < -0.39 is 0 Å². The van der Waals surface area contributed by atoms with Crippen molar-refractivity contribution in [2.24, 2.45) is 5.73 Å². The molecule has 0 saturated carbocycles. The molecule has 1 aliphatic heterocycles. The number of aliphatic hydroxyl groups is 1. The lowest BCUT2D eigenvalue weighted by Crippen LogP contribution is -2.42. The minimum absolute atomic E-state index is 0.179. The maximum Gasteiger partial charge on any atom is 0.107 e. The number of nitrogens with two attached hydrogens (primary N) is 1. The fourth-order valence-electron chi connectivity index (χ4n) is 2.79. The maximum atomic E-state index is 9.61. The number of thioether (sulfide) groups is 1. The molecule has 5 heteroatoms. The number of piperidine rings is 1. The number of hydrogen-bond acceptors (Lipinski definition) is 4. The van der Waals surface area contributed by atoms with E-state index in [-0.39, 0.29) is 12.6 Å². The van der Waals surface area contributed by atoms with Gasteiger partial charge in [-0.25, -0.2) is 0 Å². The van der Waals surface area contributed by atoms with Crippen molar-refractivity contribution in [1.82, 2.24) is 0 Å². The summed E-state index contributed by atoms with van der Waals surface area (Å²) in [7, 11) is 0. The van der Waals surface area contributed by atoms with Gasteiger partial charge in [-0.2, -0.15) is 0 Å². The van der Waals surface area contributed by atoms with Crippen LogP contribution >= 0.6 is 24.0 Å². The first-order valence-corrected chi connectivity index (χ1v) is 8.51. The summed E-state index contributed by atoms with van der Waals surface area (Å²) in [5.41, 5.74) is 8.01. The number of thiocarbonyl (C=S) groups is 1. The van der Waals surface area contributed by atoms with Gasteiger partial charge in [-0.1, -0.05) is 25.2 Å². The molecule has 2 rings (SSSR count). The average Bonchev–Trinajstić information content (AvgIpc) is 2.47. The van der Waals surface area contributed by atoms with Crippen molar-refractivity contribution >= 4 is 34.7 Å². The van der Waals surface area contributed by atoms with Crippen LogP contribution in [0.3, 0.4) is 0 Å². The Labute approximate surface area is 130 Å². The molecule has 0 radical (unpaired) electrons. The molecular formula is C15H22N2OS2. The fraction of sp³-hybridized carbons (Fsp3) is 0.533. The highest BCUT2D eigenvalue weighted by molar-refractivity contribution is 7.99. The molecule has 0 spiro atoms. The first kappa shape index (κ1) is 15.6. The van der Waals surface area contributed by atoms with Gasteiger partial charge < -0.3 is 15.7 Å². The van der Waals surface area contributed by atoms with Crippen molar-refractivity contribution < 1.29 is 5.11 Å². The third kappa shape index (κ3) is 3.27. The van der Waals surface area contributed by atoms with Crippen LogP contribution in [0.15, 0.2) is 23.1 Å². The van der Waals surface area contributed by atoms with E-state index in [2.05, 4.69) is 30.0 Å². The van der Waals surface area contributed by atoms with Gasteiger partial charge in [0.1, 0.15) is 4.99 Å². The van der Waals surface area contributed by atoms with Crippen LogP contribution in [0.2, 0.25) is 0 Å². The van der Waals surface area contributed by atoms with Gasteiger partial charge in [-0.3, -0.25) is 0 Å². The second kappa shape index (κ2) is 7.29. The quantitative estimate of drug-likeness (QED) is 0.647. The average molecular weight is 310 g/mol. The molecule has 0 aliphatic carbocycles. The van der Waals surface area contributed by atoms with Gasteiger partial charge in [0, 0.05) is 22.7 Å². The predicted octanol–water partition coefficient (Wildman–Crippen LogP) is 2.78. The molecule has 110 valence electrons. The minimum atomic E-state index is 0.179. The zero-order valence-corrected chi connectivity index (χ0v) is 13.5. The third-order valence-corrected chi connectivity index (χ3v) is 4.84. The lowest BCUT2D eigenvalue weighted by molar-refractivity contribution is 0.240. The van der Waals surface area contributed by atoms with Gasteiger partial charge in [0.2, 0.25) is 0 Å². The Bertz CT molecular complexity index is 479. The normalized spacial score (nSPS) is 19.1. The first-order chi connectivity index (χ1) is 9.69. The Balaban J connectivity index is 2.43.